The number of nitro benzene ring substituents is 1. The highest BCUT2D eigenvalue weighted by Crippen LogP contribution is 2.31. The first-order valence-electron chi connectivity index (χ1n) is 7.31. The van der Waals surface area contributed by atoms with Gasteiger partial charge in [0.05, 0.1) is 22.2 Å². The molecule has 0 N–H and O–H groups in total. The number of aryl methyl sites for hydroxylation is 2. The van der Waals surface area contributed by atoms with E-state index >= 15 is 0 Å². The van der Waals surface area contributed by atoms with E-state index in [1.54, 1.807) is 18.2 Å². The molecule has 3 rings (SSSR count). The van der Waals surface area contributed by atoms with E-state index < -0.39 is 4.92 Å². The molecule has 0 aliphatic carbocycles. The molecule has 0 unspecified atom stereocenters. The van der Waals surface area contributed by atoms with Crippen molar-refractivity contribution in [2.24, 2.45) is 0 Å². The maximum atomic E-state index is 10.9. The molecule has 0 aliphatic heterocycles. The van der Waals surface area contributed by atoms with E-state index in [2.05, 4.69) is 15.2 Å². The largest absolute Gasteiger partial charge is 0.486 e. The monoisotopic (exact) mass is 378 g/mol. The molecule has 10 heteroatoms. The van der Waals surface area contributed by atoms with Crippen molar-refractivity contribution < 1.29 is 14.1 Å². The summed E-state index contributed by atoms with van der Waals surface area (Å²) >= 11 is 2.84. The van der Waals surface area contributed by atoms with E-state index in [9.17, 15) is 10.1 Å². The third kappa shape index (κ3) is 4.15. The fraction of sp³-hybridized carbons (Fsp3) is 0.267. The molecular formula is C15H14N4O4S2. The van der Waals surface area contributed by atoms with Crippen LogP contribution in [0.2, 0.25) is 0 Å². The summed E-state index contributed by atoms with van der Waals surface area (Å²) in [4.78, 5) is 15.7. The first kappa shape index (κ1) is 17.4. The number of aromatic nitrogens is 3. The van der Waals surface area contributed by atoms with E-state index in [1.165, 1.54) is 29.2 Å². The van der Waals surface area contributed by atoms with E-state index in [-0.39, 0.29) is 18.0 Å². The zero-order valence-electron chi connectivity index (χ0n) is 13.5. The molecule has 0 amide bonds. The van der Waals surface area contributed by atoms with Gasteiger partial charge in [-0.3, -0.25) is 10.1 Å². The molecule has 0 saturated heterocycles. The van der Waals surface area contributed by atoms with Crippen LogP contribution in [0, 0.1) is 24.0 Å². The van der Waals surface area contributed by atoms with Crippen LogP contribution in [-0.2, 0) is 0 Å². The van der Waals surface area contributed by atoms with Gasteiger partial charge in [-0.2, -0.15) is 0 Å². The molecule has 130 valence electrons. The second-order valence-corrected chi connectivity index (χ2v) is 7.19. The fourth-order valence-electron chi connectivity index (χ4n) is 2.10. The van der Waals surface area contributed by atoms with Crippen LogP contribution in [0.4, 0.5) is 5.69 Å². The minimum atomic E-state index is -0.466. The maximum Gasteiger partial charge on any atom is 0.310 e. The Morgan fingerprint density at radius 3 is 2.84 bits per heavy atom. The lowest BCUT2D eigenvalue weighted by Gasteiger charge is -2.05. The second-order valence-electron chi connectivity index (χ2n) is 4.94. The standard InChI is InChI=1S/C15H14N4O4S2/c1-9-13(25-10(2)16-9)14-17-18-15(23-14)24-8-7-22-12-6-4-3-5-11(12)19(20)21/h3-6H,7-8H2,1-2H3. The highest BCUT2D eigenvalue weighted by molar-refractivity contribution is 7.99. The van der Waals surface area contributed by atoms with Crippen molar-refractivity contribution in [1.82, 2.24) is 15.2 Å². The van der Waals surface area contributed by atoms with Gasteiger partial charge in [-0.1, -0.05) is 23.9 Å². The number of nitro groups is 1. The average molecular weight is 378 g/mol. The predicted octanol–water partition coefficient (Wildman–Crippen LogP) is 3.89. The Balaban J connectivity index is 1.55. The molecule has 3 aromatic rings. The Labute approximate surface area is 151 Å². The summed E-state index contributed by atoms with van der Waals surface area (Å²) in [5.41, 5.74) is 0.811. The molecule has 0 spiro atoms. The van der Waals surface area contributed by atoms with Gasteiger partial charge >= 0.3 is 5.69 Å². The van der Waals surface area contributed by atoms with Crippen LogP contribution < -0.4 is 4.74 Å². The first-order valence-corrected chi connectivity index (χ1v) is 9.11. The van der Waals surface area contributed by atoms with Crippen molar-refractivity contribution >= 4 is 28.8 Å². The van der Waals surface area contributed by atoms with Gasteiger partial charge in [0.2, 0.25) is 0 Å². The van der Waals surface area contributed by atoms with Crippen LogP contribution in [0.25, 0.3) is 10.8 Å². The Morgan fingerprint density at radius 2 is 2.12 bits per heavy atom. The smallest absolute Gasteiger partial charge is 0.310 e. The van der Waals surface area contributed by atoms with E-state index in [1.807, 2.05) is 13.8 Å². The molecule has 0 fully saturated rings. The fourth-order valence-corrected chi connectivity index (χ4v) is 3.52. The van der Waals surface area contributed by atoms with E-state index in [0.717, 1.165) is 15.6 Å². The van der Waals surface area contributed by atoms with Crippen LogP contribution in [0.1, 0.15) is 10.7 Å². The molecule has 0 atom stereocenters. The lowest BCUT2D eigenvalue weighted by Crippen LogP contribution is -2.02. The highest BCUT2D eigenvalue weighted by atomic mass is 32.2. The van der Waals surface area contributed by atoms with Crippen molar-refractivity contribution in [2.75, 3.05) is 12.4 Å². The Kier molecular flexibility index (Phi) is 5.29. The Hall–Kier alpha value is -2.46. The topological polar surface area (TPSA) is 104 Å². The number of benzene rings is 1. The normalized spacial score (nSPS) is 10.8. The number of rotatable bonds is 7. The van der Waals surface area contributed by atoms with Gasteiger partial charge in [0, 0.05) is 11.8 Å². The van der Waals surface area contributed by atoms with Crippen molar-refractivity contribution in [3.8, 4) is 16.5 Å². The quantitative estimate of drug-likeness (QED) is 0.264. The minimum absolute atomic E-state index is 0.0522. The van der Waals surface area contributed by atoms with Crippen molar-refractivity contribution in [3.05, 3.63) is 45.1 Å². The lowest BCUT2D eigenvalue weighted by atomic mass is 10.3. The molecule has 2 aromatic heterocycles. The van der Waals surface area contributed by atoms with Gasteiger partial charge in [-0.25, -0.2) is 4.98 Å². The molecule has 0 bridgehead atoms. The summed E-state index contributed by atoms with van der Waals surface area (Å²) in [5.74, 6) is 1.22. The number of hydrogen-bond donors (Lipinski definition) is 0. The molecule has 8 nitrogen and oxygen atoms in total. The van der Waals surface area contributed by atoms with E-state index in [4.69, 9.17) is 9.15 Å². The van der Waals surface area contributed by atoms with Gasteiger partial charge in [0.25, 0.3) is 11.1 Å². The number of para-hydroxylation sites is 2. The Bertz CT molecular complexity index is 893. The number of nitrogens with zero attached hydrogens (tertiary/aromatic N) is 4. The molecule has 0 aliphatic rings. The third-order valence-electron chi connectivity index (χ3n) is 3.13. The predicted molar refractivity (Wildman–Crippen MR) is 94.2 cm³/mol. The zero-order valence-corrected chi connectivity index (χ0v) is 15.1. The summed E-state index contributed by atoms with van der Waals surface area (Å²) in [6.45, 7) is 4.11. The van der Waals surface area contributed by atoms with E-state index in [0.29, 0.717) is 16.9 Å². The highest BCUT2D eigenvalue weighted by Gasteiger charge is 2.16. The Morgan fingerprint density at radius 1 is 1.32 bits per heavy atom. The SMILES string of the molecule is Cc1nc(C)c(-c2nnc(SCCOc3ccccc3[N+](=O)[O-])o2)s1. The number of thioether (sulfide) groups is 1. The molecule has 0 radical (unpaired) electrons. The minimum Gasteiger partial charge on any atom is -0.486 e. The van der Waals surface area contributed by atoms with Crippen LogP contribution >= 0.6 is 23.1 Å². The molecule has 25 heavy (non-hydrogen) atoms. The van der Waals surface area contributed by atoms with Gasteiger partial charge < -0.3 is 9.15 Å². The molecule has 2 heterocycles. The summed E-state index contributed by atoms with van der Waals surface area (Å²) in [6.07, 6.45) is 0. The summed E-state index contributed by atoms with van der Waals surface area (Å²) in [7, 11) is 0. The first-order chi connectivity index (χ1) is 12.0. The van der Waals surface area contributed by atoms with Gasteiger partial charge in [-0.05, 0) is 19.9 Å². The van der Waals surface area contributed by atoms with Crippen LogP contribution in [-0.4, -0.2) is 32.5 Å². The van der Waals surface area contributed by atoms with Crippen LogP contribution in [0.5, 0.6) is 5.75 Å². The second kappa shape index (κ2) is 7.62. The number of ether oxygens (including phenoxy) is 1. The van der Waals surface area contributed by atoms with Gasteiger partial charge in [0.15, 0.2) is 5.75 Å². The molecule has 0 saturated carbocycles. The van der Waals surface area contributed by atoms with Crippen LogP contribution in [0.3, 0.4) is 0 Å². The van der Waals surface area contributed by atoms with Gasteiger partial charge in [-0.15, -0.1) is 21.5 Å². The molecule has 1 aromatic carbocycles. The summed E-state index contributed by atoms with van der Waals surface area (Å²) < 4.78 is 11.1. The van der Waals surface area contributed by atoms with Crippen LogP contribution in [0.15, 0.2) is 33.9 Å². The maximum absolute atomic E-state index is 10.9. The number of hydrogen-bond acceptors (Lipinski definition) is 9. The number of thiazole rings is 1. The third-order valence-corrected chi connectivity index (χ3v) is 4.98. The lowest BCUT2D eigenvalue weighted by molar-refractivity contribution is -0.385. The van der Waals surface area contributed by atoms with Crippen molar-refractivity contribution in [3.63, 3.8) is 0 Å². The summed E-state index contributed by atoms with van der Waals surface area (Å²) in [5, 5.41) is 20.3. The molecular weight excluding hydrogens is 364 g/mol. The van der Waals surface area contributed by atoms with Gasteiger partial charge in [0.1, 0.15) is 4.88 Å². The zero-order chi connectivity index (χ0) is 17.8. The summed E-state index contributed by atoms with van der Waals surface area (Å²) in [6, 6.07) is 6.27. The van der Waals surface area contributed by atoms with Crippen molar-refractivity contribution in [1.29, 1.82) is 0 Å². The average Bonchev–Trinajstić information content (AvgIpc) is 3.17. The van der Waals surface area contributed by atoms with Crippen molar-refractivity contribution in [2.45, 2.75) is 19.1 Å².